The van der Waals surface area contributed by atoms with Gasteiger partial charge in [-0.25, -0.2) is 0 Å². The zero-order chi connectivity index (χ0) is 9.68. The SMILES string of the molecule is COC(=O)CCCN1CC[C@@H](N)C1. The average molecular weight is 186 g/mol. The fourth-order valence-corrected chi connectivity index (χ4v) is 1.61. The van der Waals surface area contributed by atoms with Crippen LogP contribution in [0.4, 0.5) is 0 Å². The topological polar surface area (TPSA) is 55.6 Å². The van der Waals surface area contributed by atoms with Crippen molar-refractivity contribution >= 4 is 5.97 Å². The van der Waals surface area contributed by atoms with Crippen LogP contribution < -0.4 is 5.73 Å². The zero-order valence-corrected chi connectivity index (χ0v) is 8.16. The molecule has 1 aliphatic rings. The van der Waals surface area contributed by atoms with Crippen molar-refractivity contribution in [2.24, 2.45) is 5.73 Å². The number of carbonyl (C=O) groups excluding carboxylic acids is 1. The van der Waals surface area contributed by atoms with Crippen molar-refractivity contribution in [3.8, 4) is 0 Å². The lowest BCUT2D eigenvalue weighted by atomic mass is 10.3. The Hall–Kier alpha value is -0.610. The lowest BCUT2D eigenvalue weighted by Crippen LogP contribution is -2.27. The van der Waals surface area contributed by atoms with Crippen LogP contribution in [0, 0.1) is 0 Å². The van der Waals surface area contributed by atoms with Crippen molar-refractivity contribution in [3.05, 3.63) is 0 Å². The third-order valence-corrected chi connectivity index (χ3v) is 2.39. The molecule has 2 N–H and O–H groups in total. The fourth-order valence-electron chi connectivity index (χ4n) is 1.61. The summed E-state index contributed by atoms with van der Waals surface area (Å²) < 4.78 is 4.55. The molecule has 0 radical (unpaired) electrons. The van der Waals surface area contributed by atoms with Crippen LogP contribution >= 0.6 is 0 Å². The van der Waals surface area contributed by atoms with Crippen LogP contribution in [0.15, 0.2) is 0 Å². The van der Waals surface area contributed by atoms with Crippen LogP contribution in [0.1, 0.15) is 19.3 Å². The van der Waals surface area contributed by atoms with Gasteiger partial charge in [-0.1, -0.05) is 0 Å². The first-order chi connectivity index (χ1) is 6.22. The Morgan fingerprint density at radius 3 is 3.00 bits per heavy atom. The van der Waals surface area contributed by atoms with E-state index in [-0.39, 0.29) is 5.97 Å². The average Bonchev–Trinajstić information content (AvgIpc) is 2.51. The number of carbonyl (C=O) groups is 1. The van der Waals surface area contributed by atoms with E-state index >= 15 is 0 Å². The first-order valence-corrected chi connectivity index (χ1v) is 4.77. The van der Waals surface area contributed by atoms with Crippen LogP contribution in [0.2, 0.25) is 0 Å². The molecule has 0 aromatic heterocycles. The molecule has 4 nitrogen and oxygen atoms in total. The lowest BCUT2D eigenvalue weighted by molar-refractivity contribution is -0.140. The second-order valence-electron chi connectivity index (χ2n) is 3.53. The maximum atomic E-state index is 10.8. The molecule has 0 aromatic carbocycles. The Bertz CT molecular complexity index is 173. The molecule has 0 aliphatic carbocycles. The van der Waals surface area contributed by atoms with Crippen molar-refractivity contribution in [1.29, 1.82) is 0 Å². The van der Waals surface area contributed by atoms with Gasteiger partial charge in [0.1, 0.15) is 0 Å². The molecule has 4 heteroatoms. The first kappa shape index (κ1) is 10.5. The summed E-state index contributed by atoms with van der Waals surface area (Å²) in [5.41, 5.74) is 5.75. The Morgan fingerprint density at radius 2 is 2.46 bits per heavy atom. The van der Waals surface area contributed by atoms with E-state index in [1.54, 1.807) is 0 Å². The van der Waals surface area contributed by atoms with Crippen LogP contribution in [-0.2, 0) is 9.53 Å². The highest BCUT2D eigenvalue weighted by Gasteiger charge is 2.18. The summed E-state index contributed by atoms with van der Waals surface area (Å²) in [7, 11) is 1.42. The maximum Gasteiger partial charge on any atom is 0.305 e. The van der Waals surface area contributed by atoms with E-state index in [1.165, 1.54) is 7.11 Å². The van der Waals surface area contributed by atoms with E-state index in [2.05, 4.69) is 9.64 Å². The number of nitrogens with zero attached hydrogens (tertiary/aromatic N) is 1. The third-order valence-electron chi connectivity index (χ3n) is 2.39. The number of rotatable bonds is 4. The molecule has 0 bridgehead atoms. The normalized spacial score (nSPS) is 23.4. The molecule has 1 fully saturated rings. The number of esters is 1. The minimum Gasteiger partial charge on any atom is -0.469 e. The molecular weight excluding hydrogens is 168 g/mol. The van der Waals surface area contributed by atoms with Gasteiger partial charge in [-0.15, -0.1) is 0 Å². The van der Waals surface area contributed by atoms with E-state index < -0.39 is 0 Å². The van der Waals surface area contributed by atoms with Crippen molar-refractivity contribution in [2.75, 3.05) is 26.7 Å². The van der Waals surface area contributed by atoms with E-state index in [9.17, 15) is 4.79 Å². The summed E-state index contributed by atoms with van der Waals surface area (Å²) in [5.74, 6) is -0.122. The summed E-state index contributed by atoms with van der Waals surface area (Å²) >= 11 is 0. The van der Waals surface area contributed by atoms with Gasteiger partial charge in [-0.05, 0) is 25.9 Å². The van der Waals surface area contributed by atoms with Crippen molar-refractivity contribution in [2.45, 2.75) is 25.3 Å². The third kappa shape index (κ3) is 3.74. The minimum atomic E-state index is -0.122. The van der Waals surface area contributed by atoms with Gasteiger partial charge in [0.2, 0.25) is 0 Å². The molecule has 0 spiro atoms. The highest BCUT2D eigenvalue weighted by atomic mass is 16.5. The molecule has 1 atom stereocenters. The van der Waals surface area contributed by atoms with Crippen LogP contribution in [0.3, 0.4) is 0 Å². The second kappa shape index (κ2) is 5.19. The van der Waals surface area contributed by atoms with Gasteiger partial charge in [0, 0.05) is 19.0 Å². The summed E-state index contributed by atoms with van der Waals surface area (Å²) in [6.07, 6.45) is 2.47. The standard InChI is InChI=1S/C9H18N2O2/c1-13-9(12)3-2-5-11-6-4-8(10)7-11/h8H,2-7,10H2,1H3/t8-/m1/s1. The van der Waals surface area contributed by atoms with Gasteiger partial charge in [0.05, 0.1) is 7.11 Å². The summed E-state index contributed by atoms with van der Waals surface area (Å²) in [6.45, 7) is 3.01. The highest BCUT2D eigenvalue weighted by molar-refractivity contribution is 5.69. The van der Waals surface area contributed by atoms with E-state index in [4.69, 9.17) is 5.73 Å². The van der Waals surface area contributed by atoms with Crippen molar-refractivity contribution in [1.82, 2.24) is 4.90 Å². The van der Waals surface area contributed by atoms with Crippen molar-refractivity contribution in [3.63, 3.8) is 0 Å². The Morgan fingerprint density at radius 1 is 1.69 bits per heavy atom. The molecule has 0 amide bonds. The molecule has 13 heavy (non-hydrogen) atoms. The first-order valence-electron chi connectivity index (χ1n) is 4.77. The van der Waals surface area contributed by atoms with Gasteiger partial charge < -0.3 is 15.4 Å². The Kier molecular flexibility index (Phi) is 4.18. The molecule has 1 aliphatic heterocycles. The van der Waals surface area contributed by atoms with E-state index in [0.29, 0.717) is 12.5 Å². The largest absolute Gasteiger partial charge is 0.469 e. The monoisotopic (exact) mass is 186 g/mol. The summed E-state index contributed by atoms with van der Waals surface area (Å²) in [6, 6.07) is 0.332. The van der Waals surface area contributed by atoms with Gasteiger partial charge in [-0.2, -0.15) is 0 Å². The molecular formula is C9H18N2O2. The quantitative estimate of drug-likeness (QED) is 0.627. The molecule has 1 saturated heterocycles. The van der Waals surface area contributed by atoms with E-state index in [1.807, 2.05) is 0 Å². The van der Waals surface area contributed by atoms with Crippen LogP contribution in [0.5, 0.6) is 0 Å². The van der Waals surface area contributed by atoms with Gasteiger partial charge in [0.25, 0.3) is 0 Å². The smallest absolute Gasteiger partial charge is 0.305 e. The Labute approximate surface area is 79.0 Å². The summed E-state index contributed by atoms with van der Waals surface area (Å²) in [4.78, 5) is 13.1. The van der Waals surface area contributed by atoms with Gasteiger partial charge >= 0.3 is 5.97 Å². The minimum absolute atomic E-state index is 0.122. The fraction of sp³-hybridized carbons (Fsp3) is 0.889. The molecule has 0 saturated carbocycles. The van der Waals surface area contributed by atoms with Gasteiger partial charge in [-0.3, -0.25) is 4.79 Å². The number of nitrogens with two attached hydrogens (primary N) is 1. The maximum absolute atomic E-state index is 10.8. The van der Waals surface area contributed by atoms with E-state index in [0.717, 1.165) is 32.5 Å². The summed E-state index contributed by atoms with van der Waals surface area (Å²) in [5, 5.41) is 0. The van der Waals surface area contributed by atoms with Crippen LogP contribution in [-0.4, -0.2) is 43.7 Å². The number of hydrogen-bond donors (Lipinski definition) is 1. The van der Waals surface area contributed by atoms with Crippen molar-refractivity contribution < 1.29 is 9.53 Å². The molecule has 1 heterocycles. The number of ether oxygens (including phenoxy) is 1. The second-order valence-corrected chi connectivity index (χ2v) is 3.53. The van der Waals surface area contributed by atoms with Gasteiger partial charge in [0.15, 0.2) is 0 Å². The number of hydrogen-bond acceptors (Lipinski definition) is 4. The molecule has 76 valence electrons. The zero-order valence-electron chi connectivity index (χ0n) is 8.16. The lowest BCUT2D eigenvalue weighted by Gasteiger charge is -2.13. The predicted molar refractivity (Wildman–Crippen MR) is 50.3 cm³/mol. The predicted octanol–water partition coefficient (Wildman–Crippen LogP) is -0.0274. The number of likely N-dealkylation sites (tertiary alicyclic amines) is 1. The molecule has 0 aromatic rings. The molecule has 0 unspecified atom stereocenters. The highest BCUT2D eigenvalue weighted by Crippen LogP contribution is 2.07. The molecule has 1 rings (SSSR count). The number of methoxy groups -OCH3 is 1. The van der Waals surface area contributed by atoms with Crippen LogP contribution in [0.25, 0.3) is 0 Å². The Balaban J connectivity index is 2.03.